The molecule has 3 rings (SSSR count). The zero-order valence-corrected chi connectivity index (χ0v) is 14.5. The van der Waals surface area contributed by atoms with Crippen molar-refractivity contribution in [3.8, 4) is 0 Å². The molecule has 0 saturated heterocycles. The lowest BCUT2D eigenvalue weighted by atomic mass is 10.1. The molecular weight excluding hydrogens is 383 g/mol. The Morgan fingerprint density at radius 2 is 1.93 bits per heavy atom. The van der Waals surface area contributed by atoms with Crippen molar-refractivity contribution in [1.82, 2.24) is 9.97 Å². The van der Waals surface area contributed by atoms with Crippen molar-refractivity contribution in [1.29, 1.82) is 0 Å². The number of aromatic amines is 1. The monoisotopic (exact) mass is 395 g/mol. The number of fused-ring (bicyclic) bond motifs is 1. The van der Waals surface area contributed by atoms with E-state index in [0.29, 0.717) is 11.0 Å². The molecule has 0 fully saturated rings. The third-order valence-corrected chi connectivity index (χ3v) is 4.14. The van der Waals surface area contributed by atoms with Gasteiger partial charge < -0.3 is 10.3 Å². The van der Waals surface area contributed by atoms with Crippen LogP contribution in [0, 0.1) is 0 Å². The highest BCUT2D eigenvalue weighted by atomic mass is 35.5. The summed E-state index contributed by atoms with van der Waals surface area (Å²) in [6, 6.07) is 10.1. The molecule has 27 heavy (non-hydrogen) atoms. The van der Waals surface area contributed by atoms with Crippen LogP contribution in [0.5, 0.6) is 0 Å². The summed E-state index contributed by atoms with van der Waals surface area (Å²) in [5.74, 6) is -0.542. The first-order chi connectivity index (χ1) is 12.7. The molecule has 1 heterocycles. The first kappa shape index (κ1) is 18.9. The number of aryl methyl sites for hydroxylation is 1. The molecule has 0 bridgehead atoms. The lowest BCUT2D eigenvalue weighted by Crippen LogP contribution is -2.19. The van der Waals surface area contributed by atoms with Gasteiger partial charge in [-0.1, -0.05) is 23.7 Å². The lowest BCUT2D eigenvalue weighted by Gasteiger charge is -2.11. The van der Waals surface area contributed by atoms with Crippen LogP contribution in [-0.4, -0.2) is 15.9 Å². The number of aromatic nitrogens is 2. The van der Waals surface area contributed by atoms with Gasteiger partial charge in [-0.05, 0) is 30.3 Å². The summed E-state index contributed by atoms with van der Waals surface area (Å²) in [7, 11) is 0. The number of nitrogens with one attached hydrogen (secondary N) is 2. The number of alkyl halides is 3. The molecule has 0 spiro atoms. The van der Waals surface area contributed by atoms with Crippen LogP contribution >= 0.6 is 11.6 Å². The van der Waals surface area contributed by atoms with E-state index in [1.54, 1.807) is 24.3 Å². The van der Waals surface area contributed by atoms with Crippen LogP contribution in [0.2, 0.25) is 5.02 Å². The minimum Gasteiger partial charge on any atom is -0.326 e. The van der Waals surface area contributed by atoms with Gasteiger partial charge in [0.1, 0.15) is 5.69 Å². The number of nitrogens with zero attached hydrogens (tertiary/aromatic N) is 1. The van der Waals surface area contributed by atoms with Crippen molar-refractivity contribution < 1.29 is 18.0 Å². The van der Waals surface area contributed by atoms with Crippen molar-refractivity contribution >= 4 is 34.2 Å². The van der Waals surface area contributed by atoms with Crippen molar-refractivity contribution in [2.24, 2.45) is 0 Å². The van der Waals surface area contributed by atoms with Crippen LogP contribution in [0.1, 0.15) is 17.7 Å². The largest absolute Gasteiger partial charge is 0.417 e. The van der Waals surface area contributed by atoms with E-state index in [0.717, 1.165) is 12.1 Å². The highest BCUT2D eigenvalue weighted by molar-refractivity contribution is 6.31. The molecule has 9 heteroatoms. The Kier molecular flexibility index (Phi) is 5.18. The van der Waals surface area contributed by atoms with Gasteiger partial charge >= 0.3 is 6.18 Å². The van der Waals surface area contributed by atoms with Crippen LogP contribution in [0.4, 0.5) is 18.9 Å². The summed E-state index contributed by atoms with van der Waals surface area (Å²) in [6.45, 7) is 0. The number of hydrogen-bond acceptors (Lipinski definition) is 3. The van der Waals surface area contributed by atoms with E-state index < -0.39 is 28.2 Å². The summed E-state index contributed by atoms with van der Waals surface area (Å²) in [6.07, 6.45) is -4.69. The van der Waals surface area contributed by atoms with E-state index in [9.17, 15) is 22.8 Å². The molecule has 0 unspecified atom stereocenters. The topological polar surface area (TPSA) is 74.8 Å². The number of halogens is 4. The highest BCUT2D eigenvalue weighted by Gasteiger charge is 2.33. The number of carbonyl (C=O) groups excluding carboxylic acids is 1. The molecule has 0 aliphatic heterocycles. The van der Waals surface area contributed by atoms with Crippen LogP contribution in [-0.2, 0) is 17.4 Å². The zero-order valence-electron chi connectivity index (χ0n) is 13.7. The maximum Gasteiger partial charge on any atom is 0.417 e. The Hall–Kier alpha value is -2.87. The molecule has 2 aromatic carbocycles. The number of benzene rings is 2. The Bertz CT molecular complexity index is 1060. The van der Waals surface area contributed by atoms with E-state index in [1.165, 1.54) is 6.07 Å². The summed E-state index contributed by atoms with van der Waals surface area (Å²) in [5, 5.41) is 1.92. The highest BCUT2D eigenvalue weighted by Crippen LogP contribution is 2.36. The van der Waals surface area contributed by atoms with Gasteiger partial charge in [0.25, 0.3) is 5.56 Å². The van der Waals surface area contributed by atoms with Gasteiger partial charge in [-0.25, -0.2) is 4.98 Å². The average Bonchev–Trinajstić information content (AvgIpc) is 2.60. The molecule has 140 valence electrons. The zero-order chi connectivity index (χ0) is 19.6. The molecule has 1 amide bonds. The molecule has 0 aliphatic carbocycles. The standard InChI is InChI=1S/C18H13ClF3N3O2/c19-12-6-5-10(9-11(12)18(20,21)22)23-16(26)8-7-15-17(27)25-14-4-2-1-3-13(14)24-15/h1-6,9H,7-8H2,(H,23,26)(H,25,27). The fourth-order valence-electron chi connectivity index (χ4n) is 2.51. The minimum absolute atomic E-state index is 0.0305. The van der Waals surface area contributed by atoms with E-state index in [4.69, 9.17) is 11.6 Å². The quantitative estimate of drug-likeness (QED) is 0.696. The molecular formula is C18H13ClF3N3O2. The number of rotatable bonds is 4. The third-order valence-electron chi connectivity index (χ3n) is 3.81. The predicted molar refractivity (Wildman–Crippen MR) is 95.8 cm³/mol. The Labute approximate surface area is 156 Å². The van der Waals surface area contributed by atoms with Crippen LogP contribution in [0.25, 0.3) is 11.0 Å². The molecule has 0 aliphatic rings. The number of anilines is 1. The van der Waals surface area contributed by atoms with E-state index in [-0.39, 0.29) is 24.2 Å². The molecule has 3 aromatic rings. The van der Waals surface area contributed by atoms with Crippen LogP contribution < -0.4 is 10.9 Å². The predicted octanol–water partition coefficient (Wildman–Crippen LogP) is 4.17. The second-order valence-electron chi connectivity index (χ2n) is 5.77. The van der Waals surface area contributed by atoms with Crippen molar-refractivity contribution in [3.63, 3.8) is 0 Å². The first-order valence-electron chi connectivity index (χ1n) is 7.88. The van der Waals surface area contributed by atoms with Gasteiger partial charge in [0.05, 0.1) is 21.6 Å². The van der Waals surface area contributed by atoms with Crippen LogP contribution in [0.15, 0.2) is 47.3 Å². The Morgan fingerprint density at radius 3 is 2.67 bits per heavy atom. The van der Waals surface area contributed by atoms with Crippen molar-refractivity contribution in [2.45, 2.75) is 19.0 Å². The second kappa shape index (κ2) is 7.40. The number of hydrogen-bond donors (Lipinski definition) is 2. The number of amides is 1. The van der Waals surface area contributed by atoms with E-state index in [1.807, 2.05) is 0 Å². The summed E-state index contributed by atoms with van der Waals surface area (Å²) >= 11 is 5.54. The fourth-order valence-corrected chi connectivity index (χ4v) is 2.74. The van der Waals surface area contributed by atoms with Gasteiger partial charge in [0, 0.05) is 18.5 Å². The molecule has 0 saturated carbocycles. The normalized spacial score (nSPS) is 11.6. The summed E-state index contributed by atoms with van der Waals surface area (Å²) < 4.78 is 38.6. The van der Waals surface area contributed by atoms with E-state index >= 15 is 0 Å². The van der Waals surface area contributed by atoms with Gasteiger partial charge in [-0.2, -0.15) is 13.2 Å². The second-order valence-corrected chi connectivity index (χ2v) is 6.18. The van der Waals surface area contributed by atoms with Gasteiger partial charge in [-0.15, -0.1) is 0 Å². The van der Waals surface area contributed by atoms with Crippen molar-refractivity contribution in [3.05, 3.63) is 69.1 Å². The SMILES string of the molecule is O=C(CCc1nc2ccccc2[nH]c1=O)Nc1ccc(Cl)c(C(F)(F)F)c1. The molecule has 0 atom stereocenters. The molecule has 5 nitrogen and oxygen atoms in total. The fraction of sp³-hybridized carbons (Fsp3) is 0.167. The maximum atomic E-state index is 12.9. The molecule has 2 N–H and O–H groups in total. The summed E-state index contributed by atoms with van der Waals surface area (Å²) in [5.41, 5.74) is -0.133. The molecule has 0 radical (unpaired) electrons. The number of para-hydroxylation sites is 2. The van der Waals surface area contributed by atoms with Gasteiger partial charge in [0.15, 0.2) is 0 Å². The van der Waals surface area contributed by atoms with E-state index in [2.05, 4.69) is 15.3 Å². The number of H-pyrrole nitrogens is 1. The average molecular weight is 396 g/mol. The third kappa shape index (κ3) is 4.46. The lowest BCUT2D eigenvalue weighted by molar-refractivity contribution is -0.137. The summed E-state index contributed by atoms with van der Waals surface area (Å²) in [4.78, 5) is 30.9. The Morgan fingerprint density at radius 1 is 1.19 bits per heavy atom. The molecule has 1 aromatic heterocycles. The first-order valence-corrected chi connectivity index (χ1v) is 8.26. The van der Waals surface area contributed by atoms with Crippen LogP contribution in [0.3, 0.4) is 0 Å². The minimum atomic E-state index is -4.62. The van der Waals surface area contributed by atoms with Gasteiger partial charge in [-0.3, -0.25) is 9.59 Å². The maximum absolute atomic E-state index is 12.9. The van der Waals surface area contributed by atoms with Crippen molar-refractivity contribution in [2.75, 3.05) is 5.32 Å². The smallest absolute Gasteiger partial charge is 0.326 e. The Balaban J connectivity index is 1.70. The number of carbonyl (C=O) groups is 1. The van der Waals surface area contributed by atoms with Gasteiger partial charge in [0.2, 0.25) is 5.91 Å².